The number of carbonyl (C=O) groups is 1. The Morgan fingerprint density at radius 1 is 1.19 bits per heavy atom. The average Bonchev–Trinajstić information content (AvgIpc) is 3.32. The Hall–Kier alpha value is -2.91. The van der Waals surface area contributed by atoms with Gasteiger partial charge in [-0.15, -0.1) is 0 Å². The maximum absolute atomic E-state index is 14.2. The van der Waals surface area contributed by atoms with E-state index in [0.29, 0.717) is 17.9 Å². The molecule has 3 rings (SSSR count). The second kappa shape index (κ2) is 9.93. The van der Waals surface area contributed by atoms with Crippen LogP contribution in [0.15, 0.2) is 48.5 Å². The second-order valence-electron chi connectivity index (χ2n) is 8.35. The standard InChI is InChI=1S/C25H28FNO4/c1-4-5-9-14-29-23-22(25(23,2)3)24(28)31-21(16-27)17-12-13-19(26)20(15-17)30-18-10-7-6-8-11-18/h6-8,10-13,15,21-23H,4-5,9,14H2,1-3H3. The van der Waals surface area contributed by atoms with E-state index in [1.54, 1.807) is 24.3 Å². The van der Waals surface area contributed by atoms with Crippen molar-refractivity contribution in [3.05, 3.63) is 59.9 Å². The van der Waals surface area contributed by atoms with E-state index >= 15 is 0 Å². The van der Waals surface area contributed by atoms with Gasteiger partial charge in [-0.3, -0.25) is 4.79 Å². The molecule has 2 aromatic carbocycles. The third-order valence-electron chi connectivity index (χ3n) is 5.61. The van der Waals surface area contributed by atoms with E-state index in [-0.39, 0.29) is 17.3 Å². The lowest BCUT2D eigenvalue weighted by molar-refractivity contribution is -0.150. The smallest absolute Gasteiger partial charge is 0.313 e. The fourth-order valence-electron chi connectivity index (χ4n) is 3.63. The highest BCUT2D eigenvalue weighted by Crippen LogP contribution is 2.55. The summed E-state index contributed by atoms with van der Waals surface area (Å²) in [5.41, 5.74) is 0.00952. The number of ether oxygens (including phenoxy) is 3. The van der Waals surface area contributed by atoms with Crippen LogP contribution in [-0.2, 0) is 14.3 Å². The fraction of sp³-hybridized carbons (Fsp3) is 0.440. The van der Waals surface area contributed by atoms with Crippen LogP contribution in [0.4, 0.5) is 4.39 Å². The van der Waals surface area contributed by atoms with Gasteiger partial charge in [0.15, 0.2) is 11.6 Å². The van der Waals surface area contributed by atoms with Gasteiger partial charge in [0.1, 0.15) is 11.8 Å². The number of nitrogens with zero attached hydrogens (tertiary/aromatic N) is 1. The molecular weight excluding hydrogens is 397 g/mol. The molecule has 1 aliphatic rings. The van der Waals surface area contributed by atoms with E-state index in [1.807, 2.05) is 26.0 Å². The zero-order valence-corrected chi connectivity index (χ0v) is 18.1. The van der Waals surface area contributed by atoms with Crippen LogP contribution in [0.1, 0.15) is 51.7 Å². The lowest BCUT2D eigenvalue weighted by atomic mass is 10.1. The molecule has 0 amide bonds. The number of hydrogen-bond donors (Lipinski definition) is 0. The first kappa shape index (κ1) is 22.8. The molecule has 1 aliphatic carbocycles. The summed E-state index contributed by atoms with van der Waals surface area (Å²) < 4.78 is 31.2. The van der Waals surface area contributed by atoms with Gasteiger partial charge in [-0.05, 0) is 30.7 Å². The highest BCUT2D eigenvalue weighted by molar-refractivity contribution is 5.78. The van der Waals surface area contributed by atoms with E-state index in [4.69, 9.17) is 14.2 Å². The molecule has 6 heteroatoms. The number of esters is 1. The summed E-state index contributed by atoms with van der Waals surface area (Å²) in [6.07, 6.45) is 1.74. The lowest BCUT2D eigenvalue weighted by Gasteiger charge is -2.14. The van der Waals surface area contributed by atoms with Crippen molar-refractivity contribution in [1.29, 1.82) is 5.26 Å². The van der Waals surface area contributed by atoms with E-state index in [1.165, 1.54) is 18.2 Å². The van der Waals surface area contributed by atoms with E-state index < -0.39 is 23.8 Å². The number of rotatable bonds is 10. The van der Waals surface area contributed by atoms with Gasteiger partial charge in [-0.2, -0.15) is 5.26 Å². The number of halogens is 1. The van der Waals surface area contributed by atoms with Gasteiger partial charge >= 0.3 is 5.97 Å². The lowest BCUT2D eigenvalue weighted by Crippen LogP contribution is -2.15. The molecular formula is C25H28FNO4. The molecule has 31 heavy (non-hydrogen) atoms. The number of nitriles is 1. The molecule has 2 aromatic rings. The van der Waals surface area contributed by atoms with Gasteiger partial charge < -0.3 is 14.2 Å². The van der Waals surface area contributed by atoms with Crippen molar-refractivity contribution < 1.29 is 23.4 Å². The Bertz CT molecular complexity index is 938. The van der Waals surface area contributed by atoms with Crippen molar-refractivity contribution in [3.8, 4) is 17.6 Å². The van der Waals surface area contributed by atoms with Crippen molar-refractivity contribution in [2.75, 3.05) is 6.61 Å². The van der Waals surface area contributed by atoms with Crippen molar-refractivity contribution in [1.82, 2.24) is 0 Å². The van der Waals surface area contributed by atoms with Gasteiger partial charge in [0.05, 0.1) is 12.0 Å². The van der Waals surface area contributed by atoms with Gasteiger partial charge in [0.25, 0.3) is 0 Å². The molecule has 0 bridgehead atoms. The molecule has 0 N–H and O–H groups in total. The van der Waals surface area contributed by atoms with Crippen molar-refractivity contribution in [2.24, 2.45) is 11.3 Å². The quantitative estimate of drug-likeness (QED) is 0.347. The van der Waals surface area contributed by atoms with Crippen LogP contribution in [0.5, 0.6) is 11.5 Å². The van der Waals surface area contributed by atoms with E-state index in [9.17, 15) is 14.4 Å². The summed E-state index contributed by atoms with van der Waals surface area (Å²) in [4.78, 5) is 12.7. The maximum Gasteiger partial charge on any atom is 0.313 e. The van der Waals surface area contributed by atoms with Crippen molar-refractivity contribution >= 4 is 5.97 Å². The normalized spacial score (nSPS) is 19.8. The first-order valence-electron chi connectivity index (χ1n) is 10.6. The van der Waals surface area contributed by atoms with Crippen LogP contribution in [0.3, 0.4) is 0 Å². The minimum atomic E-state index is -1.16. The minimum Gasteiger partial charge on any atom is -0.454 e. The Labute approximate surface area is 182 Å². The number of unbranched alkanes of at least 4 members (excludes halogenated alkanes) is 2. The Kier molecular flexibility index (Phi) is 7.29. The van der Waals surface area contributed by atoms with Crippen LogP contribution in [-0.4, -0.2) is 18.7 Å². The number of para-hydroxylation sites is 1. The summed E-state index contributed by atoms with van der Waals surface area (Å²) in [5, 5.41) is 9.58. The van der Waals surface area contributed by atoms with E-state index in [0.717, 1.165) is 19.3 Å². The Morgan fingerprint density at radius 3 is 2.61 bits per heavy atom. The number of benzene rings is 2. The Balaban J connectivity index is 1.66. The minimum absolute atomic E-state index is 0.0381. The molecule has 3 atom stereocenters. The van der Waals surface area contributed by atoms with E-state index in [2.05, 4.69) is 6.92 Å². The summed E-state index contributed by atoms with van der Waals surface area (Å²) in [6, 6.07) is 14.8. The zero-order valence-electron chi connectivity index (χ0n) is 18.1. The molecule has 0 saturated heterocycles. The highest BCUT2D eigenvalue weighted by atomic mass is 19.1. The molecule has 0 radical (unpaired) electrons. The number of carbonyl (C=O) groups excluding carboxylic acids is 1. The fourth-order valence-corrected chi connectivity index (χ4v) is 3.63. The van der Waals surface area contributed by atoms with Crippen molar-refractivity contribution in [2.45, 2.75) is 52.2 Å². The molecule has 0 heterocycles. The highest BCUT2D eigenvalue weighted by Gasteiger charge is 2.64. The van der Waals surface area contributed by atoms with Crippen molar-refractivity contribution in [3.63, 3.8) is 0 Å². The van der Waals surface area contributed by atoms with Crippen LogP contribution < -0.4 is 4.74 Å². The zero-order chi connectivity index (χ0) is 22.4. The monoisotopic (exact) mass is 425 g/mol. The van der Waals surface area contributed by atoms with Crippen LogP contribution in [0.25, 0.3) is 0 Å². The predicted octanol–water partition coefficient (Wildman–Crippen LogP) is 5.96. The summed E-state index contributed by atoms with van der Waals surface area (Å²) in [5.74, 6) is -1.05. The van der Waals surface area contributed by atoms with Gasteiger partial charge in [0, 0.05) is 17.6 Å². The van der Waals surface area contributed by atoms with Crippen LogP contribution >= 0.6 is 0 Å². The van der Waals surface area contributed by atoms with Gasteiger partial charge in [0.2, 0.25) is 6.10 Å². The Morgan fingerprint density at radius 2 is 1.94 bits per heavy atom. The topological polar surface area (TPSA) is 68.5 Å². The second-order valence-corrected chi connectivity index (χ2v) is 8.35. The average molecular weight is 426 g/mol. The molecule has 0 aliphatic heterocycles. The molecule has 1 saturated carbocycles. The molecule has 0 aromatic heterocycles. The molecule has 0 spiro atoms. The molecule has 5 nitrogen and oxygen atoms in total. The summed E-state index contributed by atoms with van der Waals surface area (Å²) in [6.45, 7) is 6.63. The third kappa shape index (κ3) is 5.42. The van der Waals surface area contributed by atoms with Gasteiger partial charge in [-0.1, -0.05) is 57.9 Å². The summed E-state index contributed by atoms with van der Waals surface area (Å²) >= 11 is 0. The predicted molar refractivity (Wildman–Crippen MR) is 114 cm³/mol. The van der Waals surface area contributed by atoms with Gasteiger partial charge in [-0.25, -0.2) is 4.39 Å². The SMILES string of the molecule is CCCCCOC1C(C(=O)OC(C#N)c2ccc(F)c(Oc3ccccc3)c2)C1(C)C. The number of hydrogen-bond acceptors (Lipinski definition) is 5. The largest absolute Gasteiger partial charge is 0.454 e. The first-order valence-corrected chi connectivity index (χ1v) is 10.6. The maximum atomic E-state index is 14.2. The van der Waals surface area contributed by atoms with Crippen LogP contribution in [0, 0.1) is 28.5 Å². The molecule has 3 unspecified atom stereocenters. The van der Waals surface area contributed by atoms with Crippen LogP contribution in [0.2, 0.25) is 0 Å². The third-order valence-corrected chi connectivity index (χ3v) is 5.61. The molecule has 1 fully saturated rings. The summed E-state index contributed by atoms with van der Waals surface area (Å²) in [7, 11) is 0. The molecule has 164 valence electrons. The first-order chi connectivity index (χ1) is 14.9.